The second-order valence-electron chi connectivity index (χ2n) is 4.41. The van der Waals surface area contributed by atoms with Crippen LogP contribution in [0.5, 0.6) is 0 Å². The van der Waals surface area contributed by atoms with Crippen LogP contribution in [-0.2, 0) is 9.53 Å². The van der Waals surface area contributed by atoms with Crippen LogP contribution in [0.4, 0.5) is 0 Å². The molecule has 0 fully saturated rings. The Morgan fingerprint density at radius 1 is 1.16 bits per heavy atom. The lowest BCUT2D eigenvalue weighted by molar-refractivity contribution is -0.137. The Kier molecular flexibility index (Phi) is 11.8. The minimum atomic E-state index is -0.283. The molecule has 19 heavy (non-hydrogen) atoms. The van der Waals surface area contributed by atoms with E-state index in [0.717, 1.165) is 19.3 Å². The maximum atomic E-state index is 11.0. The van der Waals surface area contributed by atoms with Gasteiger partial charge in [0.1, 0.15) is 0 Å². The van der Waals surface area contributed by atoms with Crippen LogP contribution in [0.1, 0.15) is 40.0 Å². The molecular formula is C17H26O2. The molecule has 0 aromatic carbocycles. The van der Waals surface area contributed by atoms with Crippen molar-refractivity contribution >= 4 is 5.97 Å². The highest BCUT2D eigenvalue weighted by Crippen LogP contribution is 2.11. The predicted octanol–water partition coefficient (Wildman–Crippen LogP) is 4.60. The molecule has 0 bridgehead atoms. The zero-order valence-electron chi connectivity index (χ0n) is 12.3. The van der Waals surface area contributed by atoms with Crippen molar-refractivity contribution in [3.05, 3.63) is 48.6 Å². The fourth-order valence-corrected chi connectivity index (χ4v) is 1.50. The molecule has 0 saturated heterocycles. The molecule has 0 saturated carbocycles. The summed E-state index contributed by atoms with van der Waals surface area (Å²) in [5.74, 6) is 0.398. The maximum absolute atomic E-state index is 11.0. The number of allylic oxidation sites excluding steroid dienone is 7. The largest absolute Gasteiger partial charge is 0.463 e. The first kappa shape index (κ1) is 17.4. The molecule has 0 unspecified atom stereocenters. The third-order valence-electron chi connectivity index (χ3n) is 2.57. The Hall–Kier alpha value is -1.57. The number of carbonyl (C=O) groups excluding carboxylic acids is 1. The molecule has 106 valence electrons. The van der Waals surface area contributed by atoms with Gasteiger partial charge in [-0.25, -0.2) is 4.79 Å². The third kappa shape index (κ3) is 12.7. The van der Waals surface area contributed by atoms with Gasteiger partial charge in [-0.15, -0.1) is 0 Å². The molecule has 2 heteroatoms. The van der Waals surface area contributed by atoms with Crippen LogP contribution in [0, 0.1) is 5.92 Å². The zero-order valence-corrected chi connectivity index (χ0v) is 12.3. The highest BCUT2D eigenvalue weighted by molar-refractivity contribution is 5.82. The Bertz CT molecular complexity index is 335. The van der Waals surface area contributed by atoms with Crippen LogP contribution in [0.2, 0.25) is 0 Å². The second-order valence-corrected chi connectivity index (χ2v) is 4.41. The first-order valence-electron chi connectivity index (χ1n) is 6.98. The van der Waals surface area contributed by atoms with Crippen molar-refractivity contribution in [3.63, 3.8) is 0 Å². The highest BCUT2D eigenvalue weighted by Gasteiger charge is 1.96. The zero-order chi connectivity index (χ0) is 14.3. The Labute approximate surface area is 117 Å². The third-order valence-corrected chi connectivity index (χ3v) is 2.57. The van der Waals surface area contributed by atoms with Gasteiger partial charge in [-0.2, -0.15) is 0 Å². The fraction of sp³-hybridized carbons (Fsp3) is 0.471. The molecule has 0 aliphatic rings. The Balaban J connectivity index is 3.69. The molecular weight excluding hydrogens is 236 g/mol. The minimum Gasteiger partial charge on any atom is -0.463 e. The minimum absolute atomic E-state index is 0.283. The quantitative estimate of drug-likeness (QED) is 0.345. The summed E-state index contributed by atoms with van der Waals surface area (Å²) in [4.78, 5) is 11.0. The number of hydrogen-bond donors (Lipinski definition) is 0. The smallest absolute Gasteiger partial charge is 0.330 e. The average Bonchev–Trinajstić information content (AvgIpc) is 2.39. The SMILES string of the molecule is C/C=C/C=C/C[C@H](C)CC/C=C/C=C/C(=O)OCC. The molecule has 0 radical (unpaired) electrons. The first-order valence-corrected chi connectivity index (χ1v) is 6.98. The van der Waals surface area contributed by atoms with E-state index in [0.29, 0.717) is 12.5 Å². The normalized spacial score (nSPS) is 14.1. The summed E-state index contributed by atoms with van der Waals surface area (Å²) in [6.45, 7) is 6.49. The maximum Gasteiger partial charge on any atom is 0.330 e. The summed E-state index contributed by atoms with van der Waals surface area (Å²) in [5, 5.41) is 0. The molecule has 0 heterocycles. The molecule has 0 aromatic rings. The highest BCUT2D eigenvalue weighted by atomic mass is 16.5. The summed E-state index contributed by atoms with van der Waals surface area (Å²) in [5.41, 5.74) is 0. The Morgan fingerprint density at radius 3 is 2.58 bits per heavy atom. The van der Waals surface area contributed by atoms with Crippen LogP contribution in [0.15, 0.2) is 48.6 Å². The van der Waals surface area contributed by atoms with Gasteiger partial charge in [0, 0.05) is 6.08 Å². The predicted molar refractivity (Wildman–Crippen MR) is 81.9 cm³/mol. The van der Waals surface area contributed by atoms with Crippen LogP contribution >= 0.6 is 0 Å². The topological polar surface area (TPSA) is 26.3 Å². The molecule has 0 aromatic heterocycles. The lowest BCUT2D eigenvalue weighted by Crippen LogP contribution is -1.98. The summed E-state index contributed by atoms with van der Waals surface area (Å²) >= 11 is 0. The standard InChI is InChI=1S/C17H26O2/c1-4-6-7-10-13-16(3)14-11-8-9-12-15-17(18)19-5-2/h4,6-10,12,15-16H,5,11,13-14H2,1-3H3/b6-4+,9-8+,10-7+,15-12+/t16-/m0/s1. The van der Waals surface area contributed by atoms with Crippen molar-refractivity contribution < 1.29 is 9.53 Å². The van der Waals surface area contributed by atoms with E-state index in [-0.39, 0.29) is 5.97 Å². The van der Waals surface area contributed by atoms with Gasteiger partial charge >= 0.3 is 5.97 Å². The van der Waals surface area contributed by atoms with E-state index in [1.54, 1.807) is 13.0 Å². The summed E-state index contributed by atoms with van der Waals surface area (Å²) in [7, 11) is 0. The van der Waals surface area contributed by atoms with E-state index >= 15 is 0 Å². The van der Waals surface area contributed by atoms with Crippen molar-refractivity contribution in [2.45, 2.75) is 40.0 Å². The van der Waals surface area contributed by atoms with Gasteiger partial charge in [-0.3, -0.25) is 0 Å². The van der Waals surface area contributed by atoms with Gasteiger partial charge in [-0.05, 0) is 39.0 Å². The molecule has 0 rings (SSSR count). The molecule has 0 spiro atoms. The van der Waals surface area contributed by atoms with Crippen molar-refractivity contribution in [1.82, 2.24) is 0 Å². The number of hydrogen-bond acceptors (Lipinski definition) is 2. The number of esters is 1. The molecule has 2 nitrogen and oxygen atoms in total. The van der Waals surface area contributed by atoms with Gasteiger partial charge in [0.25, 0.3) is 0 Å². The van der Waals surface area contributed by atoms with Gasteiger partial charge < -0.3 is 4.74 Å². The van der Waals surface area contributed by atoms with E-state index in [9.17, 15) is 4.79 Å². The lowest BCUT2D eigenvalue weighted by atomic mass is 10.0. The number of rotatable bonds is 9. The van der Waals surface area contributed by atoms with Crippen molar-refractivity contribution in [1.29, 1.82) is 0 Å². The van der Waals surface area contributed by atoms with Crippen molar-refractivity contribution in [2.24, 2.45) is 5.92 Å². The molecule has 0 aliphatic carbocycles. The summed E-state index contributed by atoms with van der Waals surface area (Å²) in [6, 6.07) is 0. The van der Waals surface area contributed by atoms with Crippen LogP contribution in [0.3, 0.4) is 0 Å². The van der Waals surface area contributed by atoms with E-state index in [1.807, 2.05) is 25.2 Å². The summed E-state index contributed by atoms with van der Waals surface area (Å²) < 4.78 is 4.78. The van der Waals surface area contributed by atoms with Crippen LogP contribution in [0.25, 0.3) is 0 Å². The fourth-order valence-electron chi connectivity index (χ4n) is 1.50. The number of ether oxygens (including phenoxy) is 1. The van der Waals surface area contributed by atoms with E-state index in [1.165, 1.54) is 6.08 Å². The van der Waals surface area contributed by atoms with Gasteiger partial charge in [0.2, 0.25) is 0 Å². The average molecular weight is 262 g/mol. The van der Waals surface area contributed by atoms with Gasteiger partial charge in [-0.1, -0.05) is 49.5 Å². The van der Waals surface area contributed by atoms with E-state index < -0.39 is 0 Å². The van der Waals surface area contributed by atoms with Gasteiger partial charge in [0.05, 0.1) is 6.61 Å². The van der Waals surface area contributed by atoms with E-state index in [2.05, 4.69) is 25.2 Å². The molecule has 1 atom stereocenters. The van der Waals surface area contributed by atoms with Crippen molar-refractivity contribution in [2.75, 3.05) is 6.61 Å². The Morgan fingerprint density at radius 2 is 1.89 bits per heavy atom. The molecule has 0 N–H and O–H groups in total. The van der Waals surface area contributed by atoms with E-state index in [4.69, 9.17) is 4.74 Å². The number of carbonyl (C=O) groups is 1. The molecule has 0 aliphatic heterocycles. The monoisotopic (exact) mass is 262 g/mol. The van der Waals surface area contributed by atoms with Crippen LogP contribution < -0.4 is 0 Å². The molecule has 0 amide bonds. The van der Waals surface area contributed by atoms with Crippen LogP contribution in [-0.4, -0.2) is 12.6 Å². The van der Waals surface area contributed by atoms with Crippen molar-refractivity contribution in [3.8, 4) is 0 Å². The van der Waals surface area contributed by atoms with Gasteiger partial charge in [0.15, 0.2) is 0 Å². The summed E-state index contributed by atoms with van der Waals surface area (Å²) in [6.07, 6.45) is 18.8. The lowest BCUT2D eigenvalue weighted by Gasteiger charge is -2.05. The second kappa shape index (κ2) is 12.9. The first-order chi connectivity index (χ1) is 9.20.